The van der Waals surface area contributed by atoms with Crippen molar-refractivity contribution in [2.75, 3.05) is 0 Å². The molecule has 3 nitrogen and oxygen atoms in total. The zero-order valence-corrected chi connectivity index (χ0v) is 12.7. The van der Waals surface area contributed by atoms with E-state index >= 15 is 0 Å². The van der Waals surface area contributed by atoms with Crippen molar-refractivity contribution in [2.24, 2.45) is 0 Å². The summed E-state index contributed by atoms with van der Waals surface area (Å²) in [6.45, 7) is 0. The van der Waals surface area contributed by atoms with E-state index in [1.165, 1.54) is 10.8 Å². The molecule has 2 aromatic carbocycles. The Kier molecular flexibility index (Phi) is 11.0. The summed E-state index contributed by atoms with van der Waals surface area (Å²) in [5.41, 5.74) is 0. The molecule has 0 saturated heterocycles. The van der Waals surface area contributed by atoms with Gasteiger partial charge in [-0.2, -0.15) is 14.6 Å². The second-order valence-electron chi connectivity index (χ2n) is 2.90. The number of halogens is 3. The van der Waals surface area contributed by atoms with E-state index in [-0.39, 0.29) is 52.8 Å². The van der Waals surface area contributed by atoms with Gasteiger partial charge in [0, 0.05) is 0 Å². The van der Waals surface area contributed by atoms with Gasteiger partial charge in [0.1, 0.15) is 0 Å². The zero-order valence-electron chi connectivity index (χ0n) is 10.6. The maximum Gasteiger partial charge on any atom is 1.00 e. The van der Waals surface area contributed by atoms with Crippen molar-refractivity contribution in [3.63, 3.8) is 0 Å². The second kappa shape index (κ2) is 10.9. The monoisotopic (exact) mass is 284 g/mol. The first-order chi connectivity index (χ1) is 8.31. The van der Waals surface area contributed by atoms with Crippen molar-refractivity contribution in [1.29, 1.82) is 0 Å². The van der Waals surface area contributed by atoms with E-state index in [4.69, 9.17) is 0 Å². The zero-order chi connectivity index (χ0) is 12.5. The van der Waals surface area contributed by atoms with Crippen LogP contribution in [0.1, 0.15) is 1.43 Å². The van der Waals surface area contributed by atoms with E-state index in [9.17, 15) is 13.6 Å². The standard InChI is InChI=1S/C10H8.BF3O3.K.H/c1-2-6-10-8-4-3-7-9(10)5-1;2-5-1(6-3)7-4;;/h1-8H;;;/q;;+1;-1. The van der Waals surface area contributed by atoms with Gasteiger partial charge in [-0.15, -0.1) is 0 Å². The minimum Gasteiger partial charge on any atom is -1.00 e. The normalized spacial score (nSPS) is 9.06. The maximum atomic E-state index is 10.4. The number of rotatable bonds is 3. The Morgan fingerprint density at radius 3 is 1.17 bits per heavy atom. The summed E-state index contributed by atoms with van der Waals surface area (Å²) < 4.78 is 31.3. The molecule has 0 saturated carbocycles. The largest absolute Gasteiger partial charge is 1.00 e. The average Bonchev–Trinajstić information content (AvgIpc) is 2.42. The molecule has 0 atom stereocenters. The molecule has 2 rings (SSSR count). The summed E-state index contributed by atoms with van der Waals surface area (Å²) in [6, 6.07) is 16.7. The van der Waals surface area contributed by atoms with Gasteiger partial charge >= 0.3 is 58.7 Å². The van der Waals surface area contributed by atoms with Gasteiger partial charge in [0.15, 0.2) is 0 Å². The predicted octanol–water partition coefficient (Wildman–Crippen LogP) is 0.631. The summed E-state index contributed by atoms with van der Waals surface area (Å²) in [5, 5.41) is 2.62. The van der Waals surface area contributed by atoms with Gasteiger partial charge in [0.05, 0.1) is 0 Å². The second-order valence-corrected chi connectivity index (χ2v) is 2.90. The van der Waals surface area contributed by atoms with Crippen LogP contribution in [0.5, 0.6) is 0 Å². The van der Waals surface area contributed by atoms with E-state index < -0.39 is 7.32 Å². The molecular weight excluding hydrogens is 275 g/mol. The first kappa shape index (κ1) is 18.1. The van der Waals surface area contributed by atoms with Crippen LogP contribution in [0, 0.1) is 0 Å². The Hall–Kier alpha value is 0.0713. The molecule has 0 aliphatic rings. The third-order valence-corrected chi connectivity index (χ3v) is 1.88. The van der Waals surface area contributed by atoms with Gasteiger partial charge in [0.25, 0.3) is 0 Å². The van der Waals surface area contributed by atoms with Crippen LogP contribution in [0.3, 0.4) is 0 Å². The first-order valence-electron chi connectivity index (χ1n) is 4.57. The molecule has 0 amide bonds. The van der Waals surface area contributed by atoms with Gasteiger partial charge in [0.2, 0.25) is 0 Å². The maximum absolute atomic E-state index is 10.4. The quantitative estimate of drug-likeness (QED) is 0.774. The molecule has 0 aromatic heterocycles. The molecule has 0 bridgehead atoms. The Labute approximate surface area is 146 Å². The molecular formula is C10H9BF3KO3. The summed E-state index contributed by atoms with van der Waals surface area (Å²) in [7, 11) is -2.51. The minimum atomic E-state index is -2.51. The molecule has 92 valence electrons. The van der Waals surface area contributed by atoms with Crippen LogP contribution in [0.25, 0.3) is 10.8 Å². The fraction of sp³-hybridized carbons (Fsp3) is 0. The summed E-state index contributed by atoms with van der Waals surface area (Å²) >= 11 is 0. The number of hydrogen-bond acceptors (Lipinski definition) is 3. The van der Waals surface area contributed by atoms with Crippen LogP contribution in [-0.4, -0.2) is 7.32 Å². The van der Waals surface area contributed by atoms with E-state index in [2.05, 4.69) is 63.1 Å². The summed E-state index contributed by atoms with van der Waals surface area (Å²) in [6.07, 6.45) is 0. The predicted molar refractivity (Wildman–Crippen MR) is 57.4 cm³/mol. The Morgan fingerprint density at radius 1 is 0.722 bits per heavy atom. The Bertz CT molecular complexity index is 380. The number of benzene rings is 2. The molecule has 0 aliphatic carbocycles. The third kappa shape index (κ3) is 6.30. The fourth-order valence-corrected chi connectivity index (χ4v) is 1.17. The molecule has 0 N–H and O–H groups in total. The topological polar surface area (TPSA) is 27.7 Å². The average molecular weight is 284 g/mol. The minimum absolute atomic E-state index is 0. The van der Waals surface area contributed by atoms with Crippen molar-refractivity contribution in [2.45, 2.75) is 0 Å². The molecule has 0 aliphatic heterocycles. The van der Waals surface area contributed by atoms with Crippen LogP contribution in [0.4, 0.5) is 13.6 Å². The molecule has 0 radical (unpaired) electrons. The van der Waals surface area contributed by atoms with Crippen LogP contribution in [0.2, 0.25) is 0 Å². The Morgan fingerprint density at radius 2 is 1.00 bits per heavy atom. The van der Waals surface area contributed by atoms with Crippen molar-refractivity contribution < 1.29 is 81.0 Å². The van der Waals surface area contributed by atoms with Crippen molar-refractivity contribution >= 4 is 18.1 Å². The van der Waals surface area contributed by atoms with Gasteiger partial charge in [-0.05, 0) is 10.8 Å². The van der Waals surface area contributed by atoms with E-state index in [0.29, 0.717) is 0 Å². The van der Waals surface area contributed by atoms with Crippen molar-refractivity contribution in [1.82, 2.24) is 0 Å². The number of fused-ring (bicyclic) bond motifs is 1. The third-order valence-electron chi connectivity index (χ3n) is 1.88. The van der Waals surface area contributed by atoms with E-state index in [0.717, 1.165) is 0 Å². The first-order valence-corrected chi connectivity index (χ1v) is 4.57. The van der Waals surface area contributed by atoms with Gasteiger partial charge in [-0.1, -0.05) is 62.1 Å². The van der Waals surface area contributed by atoms with Gasteiger partial charge < -0.3 is 1.43 Å². The van der Waals surface area contributed by atoms with Gasteiger partial charge in [-0.3, -0.25) is 0 Å². The molecule has 0 fully saturated rings. The van der Waals surface area contributed by atoms with Crippen LogP contribution < -0.4 is 51.4 Å². The van der Waals surface area contributed by atoms with Crippen LogP contribution >= 0.6 is 0 Å². The van der Waals surface area contributed by atoms with Crippen molar-refractivity contribution in [3.8, 4) is 0 Å². The smallest absolute Gasteiger partial charge is 1.00 e. The van der Waals surface area contributed by atoms with Crippen LogP contribution in [0.15, 0.2) is 48.5 Å². The molecule has 8 heteroatoms. The summed E-state index contributed by atoms with van der Waals surface area (Å²) in [4.78, 5) is 7.06. The molecule has 0 heterocycles. The molecule has 18 heavy (non-hydrogen) atoms. The summed E-state index contributed by atoms with van der Waals surface area (Å²) in [5.74, 6) is 0. The van der Waals surface area contributed by atoms with Crippen LogP contribution in [-0.2, 0) is 14.6 Å². The molecule has 0 unspecified atom stereocenters. The number of hydrogen-bond donors (Lipinski definition) is 0. The van der Waals surface area contributed by atoms with E-state index in [1.807, 2.05) is 0 Å². The molecule has 0 spiro atoms. The SMILES string of the molecule is FOB(OF)OF.[H-].[K+].c1ccc2ccccc2c1. The van der Waals surface area contributed by atoms with Gasteiger partial charge in [-0.25, -0.2) is 0 Å². The Balaban J connectivity index is 0. The van der Waals surface area contributed by atoms with E-state index in [1.54, 1.807) is 0 Å². The van der Waals surface area contributed by atoms with Crippen molar-refractivity contribution in [3.05, 3.63) is 48.5 Å². The molecule has 2 aromatic rings. The fourth-order valence-electron chi connectivity index (χ4n) is 1.17.